The number of amides is 4. The van der Waals surface area contributed by atoms with Crippen LogP contribution in [0.3, 0.4) is 0 Å². The Balaban J connectivity index is 1.22. The zero-order chi connectivity index (χ0) is 27.2. The number of carbonyl (C=O) groups is 5. The molecule has 0 radical (unpaired) electrons. The third kappa shape index (κ3) is 5.77. The Kier molecular flexibility index (Phi) is 8.25. The summed E-state index contributed by atoms with van der Waals surface area (Å²) in [6, 6.07) is 11.8. The molecule has 0 spiro atoms. The van der Waals surface area contributed by atoms with Crippen molar-refractivity contribution in [2.45, 2.75) is 25.3 Å². The van der Waals surface area contributed by atoms with Crippen molar-refractivity contribution in [3.8, 4) is 11.5 Å². The van der Waals surface area contributed by atoms with Gasteiger partial charge >= 0.3 is 5.97 Å². The lowest BCUT2D eigenvalue weighted by molar-refractivity contribution is -0.143. The highest BCUT2D eigenvalue weighted by atomic mass is 16.5. The highest BCUT2D eigenvalue weighted by molar-refractivity contribution is 6.22. The second-order valence-corrected chi connectivity index (χ2v) is 8.95. The number of methoxy groups -OCH3 is 1. The Labute approximate surface area is 219 Å². The fourth-order valence-corrected chi connectivity index (χ4v) is 4.56. The smallest absolute Gasteiger partial charge is 0.326 e. The van der Waals surface area contributed by atoms with Gasteiger partial charge in [0.25, 0.3) is 11.8 Å². The van der Waals surface area contributed by atoms with Crippen LogP contribution in [0, 0.1) is 0 Å². The third-order valence-corrected chi connectivity index (χ3v) is 6.68. The normalized spacial score (nSPS) is 15.8. The second-order valence-electron chi connectivity index (χ2n) is 8.95. The molecule has 2 aromatic rings. The van der Waals surface area contributed by atoms with Gasteiger partial charge in [0.15, 0.2) is 0 Å². The molecule has 11 nitrogen and oxygen atoms in total. The summed E-state index contributed by atoms with van der Waals surface area (Å²) >= 11 is 0. The van der Waals surface area contributed by atoms with E-state index in [0.717, 1.165) is 4.90 Å². The van der Waals surface area contributed by atoms with Gasteiger partial charge in [0.2, 0.25) is 11.8 Å². The predicted octanol–water partition coefficient (Wildman–Crippen LogP) is 1.66. The maximum atomic E-state index is 12.8. The maximum absolute atomic E-state index is 12.8. The lowest BCUT2D eigenvalue weighted by Gasteiger charge is -2.35. The van der Waals surface area contributed by atoms with Crippen molar-refractivity contribution in [1.29, 1.82) is 0 Å². The van der Waals surface area contributed by atoms with Crippen molar-refractivity contribution in [3.05, 3.63) is 59.7 Å². The van der Waals surface area contributed by atoms with Gasteiger partial charge < -0.3 is 24.4 Å². The Morgan fingerprint density at radius 3 is 1.82 bits per heavy atom. The predicted molar refractivity (Wildman–Crippen MR) is 134 cm³/mol. The van der Waals surface area contributed by atoms with E-state index >= 15 is 0 Å². The molecule has 0 unspecified atom stereocenters. The number of carboxylic acid groups (broad SMARTS) is 1. The molecule has 2 aromatic carbocycles. The quantitative estimate of drug-likeness (QED) is 0.465. The monoisotopic (exact) mass is 523 g/mol. The summed E-state index contributed by atoms with van der Waals surface area (Å²) in [5, 5.41) is 9.70. The van der Waals surface area contributed by atoms with Crippen molar-refractivity contribution >= 4 is 29.6 Å². The van der Waals surface area contributed by atoms with Crippen LogP contribution in [0.2, 0.25) is 0 Å². The average molecular weight is 524 g/mol. The lowest BCUT2D eigenvalue weighted by atomic mass is 10.1. The third-order valence-electron chi connectivity index (χ3n) is 6.68. The molecular formula is C27H29N3O8. The van der Waals surface area contributed by atoms with Gasteiger partial charge in [-0.25, -0.2) is 4.79 Å². The summed E-state index contributed by atoms with van der Waals surface area (Å²) in [5.74, 6) is -1.72. The molecule has 0 saturated carbocycles. The summed E-state index contributed by atoms with van der Waals surface area (Å²) < 4.78 is 10.7. The summed E-state index contributed by atoms with van der Waals surface area (Å²) in [6.07, 6.45) is -0.143. The molecule has 2 heterocycles. The van der Waals surface area contributed by atoms with Gasteiger partial charge in [-0.2, -0.15) is 0 Å². The number of piperazine rings is 1. The van der Waals surface area contributed by atoms with Gasteiger partial charge in [0.05, 0.1) is 31.3 Å². The van der Waals surface area contributed by atoms with Gasteiger partial charge in [0.1, 0.15) is 17.5 Å². The summed E-state index contributed by atoms with van der Waals surface area (Å²) in [7, 11) is 1.58. The first kappa shape index (κ1) is 26.6. The van der Waals surface area contributed by atoms with Gasteiger partial charge in [0, 0.05) is 32.6 Å². The van der Waals surface area contributed by atoms with Crippen molar-refractivity contribution in [1.82, 2.24) is 14.7 Å². The van der Waals surface area contributed by atoms with E-state index in [4.69, 9.17) is 9.47 Å². The van der Waals surface area contributed by atoms with Crippen molar-refractivity contribution in [3.63, 3.8) is 0 Å². The van der Waals surface area contributed by atoms with Gasteiger partial charge in [-0.05, 0) is 42.8 Å². The average Bonchev–Trinajstić information content (AvgIpc) is 3.18. The largest absolute Gasteiger partial charge is 0.497 e. The zero-order valence-electron chi connectivity index (χ0n) is 21.0. The number of hydrogen-bond acceptors (Lipinski definition) is 7. The van der Waals surface area contributed by atoms with Gasteiger partial charge in [-0.15, -0.1) is 0 Å². The molecule has 1 saturated heterocycles. The highest BCUT2D eigenvalue weighted by Crippen LogP contribution is 2.26. The number of fused-ring (bicyclic) bond motifs is 1. The fraction of sp³-hybridized carbons (Fsp3) is 0.370. The van der Waals surface area contributed by atoms with Crippen LogP contribution >= 0.6 is 0 Å². The Hall–Kier alpha value is -4.41. The number of rotatable bonds is 10. The van der Waals surface area contributed by atoms with E-state index in [-0.39, 0.29) is 48.8 Å². The molecule has 1 N–H and O–H groups in total. The van der Waals surface area contributed by atoms with Gasteiger partial charge in [-0.3, -0.25) is 24.1 Å². The molecule has 1 fully saturated rings. The van der Waals surface area contributed by atoms with E-state index in [0.29, 0.717) is 37.7 Å². The van der Waals surface area contributed by atoms with Crippen molar-refractivity contribution in [2.75, 3.05) is 39.9 Å². The molecule has 0 bridgehead atoms. The summed E-state index contributed by atoms with van der Waals surface area (Å²) in [4.78, 5) is 66.6. The van der Waals surface area contributed by atoms with E-state index in [1.54, 1.807) is 53.3 Å². The first-order valence-corrected chi connectivity index (χ1v) is 12.3. The van der Waals surface area contributed by atoms with Gasteiger partial charge in [-0.1, -0.05) is 12.1 Å². The molecule has 2 aliphatic rings. The highest BCUT2D eigenvalue weighted by Gasteiger charge is 2.43. The van der Waals surface area contributed by atoms with E-state index in [2.05, 4.69) is 0 Å². The molecule has 4 rings (SSSR count). The molecule has 0 aliphatic carbocycles. The first-order chi connectivity index (χ1) is 18.3. The molecule has 0 aromatic heterocycles. The minimum atomic E-state index is -1.44. The van der Waals surface area contributed by atoms with Crippen LogP contribution in [0.25, 0.3) is 0 Å². The molecule has 200 valence electrons. The molecule has 38 heavy (non-hydrogen) atoms. The molecule has 4 amide bonds. The van der Waals surface area contributed by atoms with E-state index in [9.17, 15) is 29.1 Å². The summed E-state index contributed by atoms with van der Waals surface area (Å²) in [5.41, 5.74) is 0.315. The fourth-order valence-electron chi connectivity index (χ4n) is 4.56. The van der Waals surface area contributed by atoms with E-state index < -0.39 is 23.8 Å². The van der Waals surface area contributed by atoms with Crippen LogP contribution < -0.4 is 9.47 Å². The van der Waals surface area contributed by atoms with Crippen molar-refractivity contribution in [2.24, 2.45) is 0 Å². The molecular weight excluding hydrogens is 494 g/mol. The number of imide groups is 1. The standard InChI is InChI=1S/C27H29N3O8/c1-37-18-6-8-19(9-7-18)38-17-12-24(32)29-15-13-28(14-16-29)23(31)11-10-22(27(35)36)30-25(33)20-4-2-3-5-21(20)26(30)34/h2-9,22H,10-17H2,1H3,(H,35,36)/t22-/m0/s1. The van der Waals surface area contributed by atoms with Crippen LogP contribution in [0.5, 0.6) is 11.5 Å². The van der Waals surface area contributed by atoms with Crippen LogP contribution in [-0.4, -0.2) is 95.3 Å². The maximum Gasteiger partial charge on any atom is 0.326 e. The Bertz CT molecular complexity index is 1190. The minimum Gasteiger partial charge on any atom is -0.497 e. The van der Waals surface area contributed by atoms with Crippen LogP contribution in [0.1, 0.15) is 40.0 Å². The Morgan fingerprint density at radius 1 is 0.816 bits per heavy atom. The van der Waals surface area contributed by atoms with Crippen molar-refractivity contribution < 1.29 is 38.6 Å². The second kappa shape index (κ2) is 11.8. The molecule has 2 aliphatic heterocycles. The van der Waals surface area contributed by atoms with Crippen LogP contribution in [-0.2, 0) is 14.4 Å². The number of ether oxygens (including phenoxy) is 2. The number of carboxylic acids is 1. The number of benzene rings is 2. The summed E-state index contributed by atoms with van der Waals surface area (Å²) in [6.45, 7) is 1.56. The number of nitrogens with zero attached hydrogens (tertiary/aromatic N) is 3. The van der Waals surface area contributed by atoms with E-state index in [1.165, 1.54) is 12.1 Å². The minimum absolute atomic E-state index is 0.0813. The number of aliphatic carboxylic acids is 1. The van der Waals surface area contributed by atoms with Crippen LogP contribution in [0.4, 0.5) is 0 Å². The first-order valence-electron chi connectivity index (χ1n) is 12.3. The number of hydrogen-bond donors (Lipinski definition) is 1. The topological polar surface area (TPSA) is 134 Å². The molecule has 1 atom stereocenters. The lowest BCUT2D eigenvalue weighted by Crippen LogP contribution is -2.51. The molecule has 11 heteroatoms. The Morgan fingerprint density at radius 2 is 1.32 bits per heavy atom. The zero-order valence-corrected chi connectivity index (χ0v) is 21.0. The SMILES string of the molecule is COc1ccc(OCCC(=O)N2CCN(C(=O)CC[C@@H](C(=O)O)N3C(=O)c4ccccc4C3=O)CC2)cc1. The number of carbonyl (C=O) groups excluding carboxylic acids is 4. The van der Waals surface area contributed by atoms with Crippen LogP contribution in [0.15, 0.2) is 48.5 Å². The van der Waals surface area contributed by atoms with E-state index in [1.807, 2.05) is 0 Å².